The first-order valence-electron chi connectivity index (χ1n) is 9.24. The van der Waals surface area contributed by atoms with Gasteiger partial charge in [-0.3, -0.25) is 4.90 Å². The van der Waals surface area contributed by atoms with Gasteiger partial charge in [-0.05, 0) is 58.9 Å². The first kappa shape index (κ1) is 18.5. The second kappa shape index (κ2) is 7.84. The highest BCUT2D eigenvalue weighted by Gasteiger charge is 2.35. The Morgan fingerprint density at radius 1 is 1.26 bits per heavy atom. The van der Waals surface area contributed by atoms with Crippen molar-refractivity contribution < 1.29 is 9.53 Å². The molecule has 2 rings (SSSR count). The van der Waals surface area contributed by atoms with E-state index in [9.17, 15) is 4.79 Å². The number of nitrogens with one attached hydrogen (secondary N) is 1. The fraction of sp³-hybridized carbons (Fsp3) is 0.944. The van der Waals surface area contributed by atoms with Crippen LogP contribution in [0.3, 0.4) is 0 Å². The van der Waals surface area contributed by atoms with Crippen LogP contribution in [0.15, 0.2) is 0 Å². The number of rotatable bonds is 4. The zero-order chi connectivity index (χ0) is 17.0. The molecule has 23 heavy (non-hydrogen) atoms. The molecule has 1 amide bonds. The highest BCUT2D eigenvalue weighted by Crippen LogP contribution is 2.36. The number of carbonyl (C=O) groups is 1. The van der Waals surface area contributed by atoms with E-state index in [2.05, 4.69) is 10.2 Å². The summed E-state index contributed by atoms with van der Waals surface area (Å²) in [7, 11) is 0. The van der Waals surface area contributed by atoms with Crippen molar-refractivity contribution in [3.63, 3.8) is 0 Å². The van der Waals surface area contributed by atoms with E-state index in [-0.39, 0.29) is 18.2 Å². The molecule has 134 valence electrons. The van der Waals surface area contributed by atoms with E-state index in [0.29, 0.717) is 6.54 Å². The van der Waals surface area contributed by atoms with Crippen molar-refractivity contribution in [1.82, 2.24) is 10.2 Å². The molecule has 1 aliphatic heterocycles. The first-order valence-corrected chi connectivity index (χ1v) is 9.24. The third kappa shape index (κ3) is 5.35. The number of piperidine rings is 1. The summed E-state index contributed by atoms with van der Waals surface area (Å²) in [6.07, 6.45) is 6.45. The van der Waals surface area contributed by atoms with E-state index >= 15 is 0 Å². The molecule has 5 nitrogen and oxygen atoms in total. The fourth-order valence-corrected chi connectivity index (χ4v) is 4.19. The first-order chi connectivity index (χ1) is 10.8. The van der Waals surface area contributed by atoms with Gasteiger partial charge in [-0.15, -0.1) is 0 Å². The topological polar surface area (TPSA) is 67.6 Å². The molecular formula is C18H35N3O2. The van der Waals surface area contributed by atoms with E-state index < -0.39 is 5.60 Å². The van der Waals surface area contributed by atoms with Gasteiger partial charge < -0.3 is 15.8 Å². The molecule has 2 fully saturated rings. The van der Waals surface area contributed by atoms with Crippen LogP contribution < -0.4 is 11.1 Å². The monoisotopic (exact) mass is 325 g/mol. The van der Waals surface area contributed by atoms with Gasteiger partial charge in [-0.25, -0.2) is 4.79 Å². The Labute approximate surface area is 141 Å². The lowest BCUT2D eigenvalue weighted by molar-refractivity contribution is 0.0337. The Hall–Kier alpha value is -0.810. The SMILES string of the molecule is CC(NC(=O)OC(C)(C)C)C(CN)N1CCC2CCCCC2C1. The van der Waals surface area contributed by atoms with Crippen LogP contribution in [-0.2, 0) is 4.74 Å². The summed E-state index contributed by atoms with van der Waals surface area (Å²) < 4.78 is 5.37. The molecule has 3 N–H and O–H groups in total. The maximum absolute atomic E-state index is 12.0. The Balaban J connectivity index is 1.89. The van der Waals surface area contributed by atoms with Crippen LogP contribution in [-0.4, -0.2) is 48.3 Å². The Morgan fingerprint density at radius 3 is 2.52 bits per heavy atom. The van der Waals surface area contributed by atoms with Crippen LogP contribution in [0.4, 0.5) is 4.79 Å². The van der Waals surface area contributed by atoms with Gasteiger partial charge in [-0.1, -0.05) is 19.3 Å². The smallest absolute Gasteiger partial charge is 0.407 e. The summed E-state index contributed by atoms with van der Waals surface area (Å²) in [5, 5.41) is 2.97. The van der Waals surface area contributed by atoms with Crippen molar-refractivity contribution in [3.05, 3.63) is 0 Å². The number of amides is 1. The van der Waals surface area contributed by atoms with Crippen LogP contribution in [0.1, 0.15) is 59.8 Å². The number of hydrogen-bond donors (Lipinski definition) is 2. The number of alkyl carbamates (subject to hydrolysis) is 1. The number of nitrogens with two attached hydrogens (primary N) is 1. The third-order valence-corrected chi connectivity index (χ3v) is 5.35. The van der Waals surface area contributed by atoms with Crippen LogP contribution in [0.5, 0.6) is 0 Å². The molecule has 2 aliphatic rings. The minimum absolute atomic E-state index is 0.00464. The number of carbonyl (C=O) groups excluding carboxylic acids is 1. The van der Waals surface area contributed by atoms with E-state index in [0.717, 1.165) is 24.9 Å². The van der Waals surface area contributed by atoms with Gasteiger partial charge in [0.05, 0.1) is 0 Å². The molecule has 0 aromatic rings. The van der Waals surface area contributed by atoms with Crippen LogP contribution in [0.25, 0.3) is 0 Å². The highest BCUT2D eigenvalue weighted by molar-refractivity contribution is 5.68. The largest absolute Gasteiger partial charge is 0.444 e. The van der Waals surface area contributed by atoms with Crippen LogP contribution >= 0.6 is 0 Å². The average Bonchev–Trinajstić information content (AvgIpc) is 2.45. The van der Waals surface area contributed by atoms with Crippen LogP contribution in [0.2, 0.25) is 0 Å². The summed E-state index contributed by atoms with van der Waals surface area (Å²) >= 11 is 0. The van der Waals surface area contributed by atoms with Gasteiger partial charge in [-0.2, -0.15) is 0 Å². The van der Waals surface area contributed by atoms with Crippen molar-refractivity contribution in [2.24, 2.45) is 17.6 Å². The Bertz CT molecular complexity index is 394. The van der Waals surface area contributed by atoms with Crippen molar-refractivity contribution in [1.29, 1.82) is 0 Å². The van der Waals surface area contributed by atoms with Crippen molar-refractivity contribution in [3.8, 4) is 0 Å². The lowest BCUT2D eigenvalue weighted by atomic mass is 9.74. The molecule has 0 radical (unpaired) electrons. The number of likely N-dealkylation sites (tertiary alicyclic amines) is 1. The number of nitrogens with zero attached hydrogens (tertiary/aromatic N) is 1. The van der Waals surface area contributed by atoms with Gasteiger partial charge in [0.1, 0.15) is 5.60 Å². The third-order valence-electron chi connectivity index (χ3n) is 5.35. The summed E-state index contributed by atoms with van der Waals surface area (Å²) in [5.41, 5.74) is 5.57. The molecule has 1 saturated heterocycles. The lowest BCUT2D eigenvalue weighted by Crippen LogP contribution is -2.57. The normalized spacial score (nSPS) is 28.6. The van der Waals surface area contributed by atoms with Gasteiger partial charge in [0, 0.05) is 25.2 Å². The van der Waals surface area contributed by atoms with Crippen LogP contribution in [0, 0.1) is 11.8 Å². The molecule has 4 atom stereocenters. The second-order valence-electron chi connectivity index (χ2n) is 8.33. The van der Waals surface area contributed by atoms with Gasteiger partial charge in [0.25, 0.3) is 0 Å². The summed E-state index contributed by atoms with van der Waals surface area (Å²) in [6.45, 7) is 10.5. The molecule has 4 unspecified atom stereocenters. The summed E-state index contributed by atoms with van der Waals surface area (Å²) in [4.78, 5) is 14.5. The molecular weight excluding hydrogens is 290 g/mol. The van der Waals surface area contributed by atoms with Crippen molar-refractivity contribution in [2.75, 3.05) is 19.6 Å². The quantitative estimate of drug-likeness (QED) is 0.834. The maximum atomic E-state index is 12.0. The molecule has 1 aliphatic carbocycles. The molecule has 0 aromatic heterocycles. The van der Waals surface area contributed by atoms with E-state index in [1.807, 2.05) is 27.7 Å². The number of hydrogen-bond acceptors (Lipinski definition) is 4. The van der Waals surface area contributed by atoms with E-state index in [4.69, 9.17) is 10.5 Å². The van der Waals surface area contributed by atoms with Gasteiger partial charge >= 0.3 is 6.09 Å². The molecule has 1 heterocycles. The predicted octanol–water partition coefficient (Wildman–Crippen LogP) is 2.74. The molecule has 0 aromatic carbocycles. The molecule has 5 heteroatoms. The zero-order valence-corrected chi connectivity index (χ0v) is 15.3. The minimum Gasteiger partial charge on any atom is -0.444 e. The number of fused-ring (bicyclic) bond motifs is 1. The second-order valence-corrected chi connectivity index (χ2v) is 8.33. The average molecular weight is 325 g/mol. The standard InChI is InChI=1S/C18H35N3O2/c1-13(20-17(22)23-18(2,3)4)16(11-19)21-10-9-14-7-5-6-8-15(14)12-21/h13-16H,5-12,19H2,1-4H3,(H,20,22). The molecule has 0 spiro atoms. The van der Waals surface area contributed by atoms with E-state index in [1.165, 1.54) is 32.1 Å². The van der Waals surface area contributed by atoms with Gasteiger partial charge in [0.15, 0.2) is 0 Å². The molecule has 0 bridgehead atoms. The predicted molar refractivity (Wildman–Crippen MR) is 93.3 cm³/mol. The summed E-state index contributed by atoms with van der Waals surface area (Å²) in [5.74, 6) is 1.73. The highest BCUT2D eigenvalue weighted by atomic mass is 16.6. The van der Waals surface area contributed by atoms with Gasteiger partial charge in [0.2, 0.25) is 0 Å². The Morgan fingerprint density at radius 2 is 1.91 bits per heavy atom. The minimum atomic E-state index is -0.470. The summed E-state index contributed by atoms with van der Waals surface area (Å²) in [6, 6.07) is 0.181. The lowest BCUT2D eigenvalue weighted by Gasteiger charge is -2.45. The van der Waals surface area contributed by atoms with Crippen molar-refractivity contribution >= 4 is 6.09 Å². The van der Waals surface area contributed by atoms with Crippen molar-refractivity contribution in [2.45, 2.75) is 77.5 Å². The Kier molecular flexibility index (Phi) is 6.32. The zero-order valence-electron chi connectivity index (χ0n) is 15.3. The fourth-order valence-electron chi connectivity index (χ4n) is 4.19. The maximum Gasteiger partial charge on any atom is 0.407 e. The number of ether oxygens (including phenoxy) is 1. The molecule has 1 saturated carbocycles. The van der Waals surface area contributed by atoms with E-state index in [1.54, 1.807) is 0 Å².